The van der Waals surface area contributed by atoms with Gasteiger partial charge in [-0.15, -0.1) is 0 Å². The van der Waals surface area contributed by atoms with Gasteiger partial charge in [-0.1, -0.05) is 13.0 Å². The van der Waals surface area contributed by atoms with E-state index in [0.29, 0.717) is 49.0 Å². The van der Waals surface area contributed by atoms with Crippen LogP contribution >= 0.6 is 0 Å². The number of urea groups is 1. The molecule has 0 radical (unpaired) electrons. The molecule has 2 amide bonds. The number of amides is 2. The third kappa shape index (κ3) is 6.13. The number of nitrogens with one attached hydrogen (secondary N) is 3. The van der Waals surface area contributed by atoms with Crippen molar-refractivity contribution in [2.75, 3.05) is 15.8 Å². The van der Waals surface area contributed by atoms with Gasteiger partial charge in [0.1, 0.15) is 0 Å². The molecule has 0 aromatic heterocycles. The number of sulfonamides is 1. The summed E-state index contributed by atoms with van der Waals surface area (Å²) in [5.41, 5.74) is 1.58. The van der Waals surface area contributed by atoms with E-state index in [0.717, 1.165) is 0 Å². The van der Waals surface area contributed by atoms with E-state index in [1.807, 2.05) is 0 Å². The third-order valence-corrected chi connectivity index (χ3v) is 6.21. The minimum Gasteiger partial charge on any atom is -0.481 e. The molecule has 0 bridgehead atoms. The van der Waals surface area contributed by atoms with Crippen molar-refractivity contribution in [3.05, 3.63) is 23.8 Å². The van der Waals surface area contributed by atoms with Crippen LogP contribution in [0.25, 0.3) is 0 Å². The molecule has 1 aliphatic rings. The molecule has 1 aromatic carbocycles. The summed E-state index contributed by atoms with van der Waals surface area (Å²) >= 11 is 0. The Morgan fingerprint density at radius 3 is 2.37 bits per heavy atom. The summed E-state index contributed by atoms with van der Waals surface area (Å²) in [5.74, 6) is -1.08. The number of benzene rings is 1. The lowest BCUT2D eigenvalue weighted by Crippen LogP contribution is -2.41. The first-order valence-electron chi connectivity index (χ1n) is 9.12. The van der Waals surface area contributed by atoms with Crippen LogP contribution in [0.5, 0.6) is 0 Å². The fourth-order valence-electron chi connectivity index (χ4n) is 3.20. The Labute approximate surface area is 159 Å². The number of rotatable bonds is 7. The second-order valence-electron chi connectivity index (χ2n) is 6.88. The van der Waals surface area contributed by atoms with Gasteiger partial charge in [0.05, 0.1) is 17.4 Å². The van der Waals surface area contributed by atoms with Gasteiger partial charge >= 0.3 is 12.0 Å². The number of carbonyl (C=O) groups is 2. The Morgan fingerprint density at radius 1 is 1.15 bits per heavy atom. The molecule has 0 unspecified atom stereocenters. The van der Waals surface area contributed by atoms with Crippen molar-refractivity contribution in [2.24, 2.45) is 5.92 Å². The highest BCUT2D eigenvalue weighted by molar-refractivity contribution is 7.92. The molecule has 9 heteroatoms. The van der Waals surface area contributed by atoms with E-state index in [9.17, 15) is 18.0 Å². The molecule has 1 aromatic rings. The number of hydrogen-bond donors (Lipinski definition) is 4. The van der Waals surface area contributed by atoms with Gasteiger partial charge in [0.2, 0.25) is 10.0 Å². The van der Waals surface area contributed by atoms with Crippen LogP contribution in [0, 0.1) is 12.8 Å². The number of carboxylic acid groups (broad SMARTS) is 1. The maximum atomic E-state index is 12.3. The number of carbonyl (C=O) groups excluding carboxylic acids is 1. The predicted molar refractivity (Wildman–Crippen MR) is 104 cm³/mol. The van der Waals surface area contributed by atoms with Gasteiger partial charge in [-0.2, -0.15) is 0 Å². The van der Waals surface area contributed by atoms with E-state index in [2.05, 4.69) is 15.4 Å². The summed E-state index contributed by atoms with van der Waals surface area (Å²) in [6.07, 6.45) is 2.86. The molecule has 0 spiro atoms. The Balaban J connectivity index is 1.96. The molecule has 0 atom stereocenters. The molecule has 1 saturated carbocycles. The molecule has 4 N–H and O–H groups in total. The smallest absolute Gasteiger partial charge is 0.319 e. The third-order valence-electron chi connectivity index (χ3n) is 4.73. The minimum atomic E-state index is -3.41. The van der Waals surface area contributed by atoms with Gasteiger partial charge in [-0.05, 0) is 56.7 Å². The molecule has 8 nitrogen and oxygen atoms in total. The second kappa shape index (κ2) is 9.07. The van der Waals surface area contributed by atoms with Crippen LogP contribution in [0.4, 0.5) is 16.2 Å². The van der Waals surface area contributed by atoms with E-state index in [-0.39, 0.29) is 23.7 Å². The molecule has 0 heterocycles. The van der Waals surface area contributed by atoms with Crippen LogP contribution in [-0.2, 0) is 14.8 Å². The molecule has 0 saturated heterocycles. The van der Waals surface area contributed by atoms with Gasteiger partial charge in [0, 0.05) is 11.7 Å². The van der Waals surface area contributed by atoms with E-state index in [1.54, 1.807) is 32.0 Å². The van der Waals surface area contributed by atoms with Crippen molar-refractivity contribution in [2.45, 2.75) is 52.0 Å². The van der Waals surface area contributed by atoms with Crippen LogP contribution in [0.15, 0.2) is 18.2 Å². The lowest BCUT2D eigenvalue weighted by Gasteiger charge is -2.27. The van der Waals surface area contributed by atoms with Crippen LogP contribution in [-0.4, -0.2) is 37.3 Å². The number of carboxylic acids is 1. The van der Waals surface area contributed by atoms with Gasteiger partial charge in [-0.3, -0.25) is 9.52 Å². The van der Waals surface area contributed by atoms with Crippen molar-refractivity contribution < 1.29 is 23.1 Å². The van der Waals surface area contributed by atoms with Crippen molar-refractivity contribution in [1.82, 2.24) is 5.32 Å². The van der Waals surface area contributed by atoms with E-state index in [1.165, 1.54) is 0 Å². The molecule has 1 aliphatic carbocycles. The standard InChI is InChI=1S/C18H27N3O5S/c1-3-11-27(25,26)21-16-6-4-5-15(12(16)2)20-18(24)19-14-9-7-13(8-10-14)17(22)23/h4-6,13-14,21H,3,7-11H2,1-2H3,(H,22,23)(H2,19,20,24). The van der Waals surface area contributed by atoms with Gasteiger partial charge in [0.25, 0.3) is 0 Å². The fourth-order valence-corrected chi connectivity index (χ4v) is 4.39. The summed E-state index contributed by atoms with van der Waals surface area (Å²) in [6, 6.07) is 4.58. The Bertz CT molecular complexity index is 786. The monoisotopic (exact) mass is 397 g/mol. The Hall–Kier alpha value is -2.29. The lowest BCUT2D eigenvalue weighted by molar-refractivity contribution is -0.142. The highest BCUT2D eigenvalue weighted by atomic mass is 32.2. The molecule has 0 aliphatic heterocycles. The zero-order valence-electron chi connectivity index (χ0n) is 15.6. The fraction of sp³-hybridized carbons (Fsp3) is 0.556. The predicted octanol–water partition coefficient (Wildman–Crippen LogP) is 2.91. The van der Waals surface area contributed by atoms with E-state index < -0.39 is 16.0 Å². The summed E-state index contributed by atoms with van der Waals surface area (Å²) in [6.45, 7) is 3.52. The summed E-state index contributed by atoms with van der Waals surface area (Å²) in [4.78, 5) is 23.3. The van der Waals surface area contributed by atoms with Gasteiger partial charge in [-0.25, -0.2) is 13.2 Å². The van der Waals surface area contributed by atoms with Crippen molar-refractivity contribution >= 4 is 33.4 Å². The molecular formula is C18H27N3O5S. The summed E-state index contributed by atoms with van der Waals surface area (Å²) < 4.78 is 26.5. The molecule has 1 fully saturated rings. The van der Waals surface area contributed by atoms with E-state index >= 15 is 0 Å². The largest absolute Gasteiger partial charge is 0.481 e. The first-order valence-corrected chi connectivity index (χ1v) is 10.8. The van der Waals surface area contributed by atoms with Crippen LogP contribution in [0.2, 0.25) is 0 Å². The average Bonchev–Trinajstić information content (AvgIpc) is 2.58. The number of anilines is 2. The number of aliphatic carboxylic acids is 1. The summed E-state index contributed by atoms with van der Waals surface area (Å²) in [7, 11) is -3.41. The molecule has 27 heavy (non-hydrogen) atoms. The number of hydrogen-bond acceptors (Lipinski definition) is 4. The Morgan fingerprint density at radius 2 is 1.78 bits per heavy atom. The maximum absolute atomic E-state index is 12.3. The van der Waals surface area contributed by atoms with Crippen molar-refractivity contribution in [3.8, 4) is 0 Å². The normalized spacial score (nSPS) is 19.9. The van der Waals surface area contributed by atoms with E-state index in [4.69, 9.17) is 5.11 Å². The van der Waals surface area contributed by atoms with Crippen molar-refractivity contribution in [3.63, 3.8) is 0 Å². The molecular weight excluding hydrogens is 370 g/mol. The van der Waals surface area contributed by atoms with Crippen molar-refractivity contribution in [1.29, 1.82) is 0 Å². The topological polar surface area (TPSA) is 125 Å². The molecule has 150 valence electrons. The SMILES string of the molecule is CCCS(=O)(=O)Nc1cccc(NC(=O)NC2CCC(C(=O)O)CC2)c1C. The first kappa shape index (κ1) is 21.0. The lowest BCUT2D eigenvalue weighted by atomic mass is 9.86. The van der Waals surface area contributed by atoms with Crippen LogP contribution in [0.1, 0.15) is 44.6 Å². The molecule has 2 rings (SSSR count). The highest BCUT2D eigenvalue weighted by Crippen LogP contribution is 2.26. The average molecular weight is 397 g/mol. The second-order valence-corrected chi connectivity index (χ2v) is 8.73. The van der Waals surface area contributed by atoms with Crippen LogP contribution in [0.3, 0.4) is 0 Å². The van der Waals surface area contributed by atoms with Gasteiger partial charge < -0.3 is 15.7 Å². The maximum Gasteiger partial charge on any atom is 0.319 e. The summed E-state index contributed by atoms with van der Waals surface area (Å²) in [5, 5.41) is 14.6. The van der Waals surface area contributed by atoms with Gasteiger partial charge in [0.15, 0.2) is 0 Å². The quantitative estimate of drug-likeness (QED) is 0.563. The van der Waals surface area contributed by atoms with Crippen LogP contribution < -0.4 is 15.4 Å². The minimum absolute atomic E-state index is 0.0313. The highest BCUT2D eigenvalue weighted by Gasteiger charge is 2.26. The zero-order chi connectivity index (χ0) is 20.0. The Kier molecular flexibility index (Phi) is 7.06. The zero-order valence-corrected chi connectivity index (χ0v) is 16.4. The first-order chi connectivity index (χ1) is 12.7.